The third-order valence-electron chi connectivity index (χ3n) is 4.05. The van der Waals surface area contributed by atoms with E-state index in [1.807, 2.05) is 0 Å². The second-order valence-corrected chi connectivity index (χ2v) is 6.37. The van der Waals surface area contributed by atoms with Crippen molar-refractivity contribution in [2.45, 2.75) is 13.8 Å². The van der Waals surface area contributed by atoms with Gasteiger partial charge in [0.15, 0.2) is 11.5 Å². The van der Waals surface area contributed by atoms with E-state index in [-0.39, 0.29) is 16.5 Å². The number of anilines is 1. The molecule has 0 atom stereocenters. The van der Waals surface area contributed by atoms with Crippen LogP contribution in [0.4, 0.5) is 10.1 Å². The Bertz CT molecular complexity index is 1160. The number of fused-ring (bicyclic) bond motifs is 1. The Labute approximate surface area is 158 Å². The maximum absolute atomic E-state index is 13.1. The van der Waals surface area contributed by atoms with Crippen LogP contribution in [0.25, 0.3) is 16.8 Å². The Morgan fingerprint density at radius 3 is 2.67 bits per heavy atom. The summed E-state index contributed by atoms with van der Waals surface area (Å²) in [6.07, 6.45) is 0. The minimum Gasteiger partial charge on any atom is -0.441 e. The lowest BCUT2D eigenvalue weighted by Crippen LogP contribution is -2.13. The third-order valence-corrected chi connectivity index (χ3v) is 4.40. The van der Waals surface area contributed by atoms with E-state index in [1.54, 1.807) is 32.0 Å². The highest BCUT2D eigenvalue weighted by Gasteiger charge is 2.21. The van der Waals surface area contributed by atoms with Gasteiger partial charge in [-0.2, -0.15) is 5.10 Å². The largest absolute Gasteiger partial charge is 0.441 e. The SMILES string of the molecule is Cc1nc2cc(NC(=O)c3c(C)nn(-c4ccc(F)cc4)c3Cl)ccc2o1. The summed E-state index contributed by atoms with van der Waals surface area (Å²) in [5.41, 5.74) is 3.12. The van der Waals surface area contributed by atoms with Crippen molar-refractivity contribution in [2.75, 3.05) is 5.32 Å². The van der Waals surface area contributed by atoms with Gasteiger partial charge in [-0.05, 0) is 49.4 Å². The highest BCUT2D eigenvalue weighted by Crippen LogP contribution is 2.26. The van der Waals surface area contributed by atoms with E-state index in [9.17, 15) is 9.18 Å². The minimum atomic E-state index is -0.398. The molecule has 4 rings (SSSR count). The number of oxazole rings is 1. The van der Waals surface area contributed by atoms with Gasteiger partial charge >= 0.3 is 0 Å². The van der Waals surface area contributed by atoms with Crippen molar-refractivity contribution in [1.82, 2.24) is 14.8 Å². The molecule has 0 bridgehead atoms. The zero-order valence-electron chi connectivity index (χ0n) is 14.5. The van der Waals surface area contributed by atoms with Crippen LogP contribution >= 0.6 is 11.6 Å². The van der Waals surface area contributed by atoms with Crippen molar-refractivity contribution >= 4 is 34.3 Å². The zero-order chi connectivity index (χ0) is 19.1. The first-order chi connectivity index (χ1) is 12.9. The van der Waals surface area contributed by atoms with Crippen LogP contribution in [0, 0.1) is 19.7 Å². The van der Waals surface area contributed by atoms with E-state index >= 15 is 0 Å². The Kier molecular flexibility index (Phi) is 4.16. The number of nitrogens with zero attached hydrogens (tertiary/aromatic N) is 3. The molecule has 0 fully saturated rings. The fraction of sp³-hybridized carbons (Fsp3) is 0.105. The van der Waals surface area contributed by atoms with Crippen molar-refractivity contribution in [3.63, 3.8) is 0 Å². The Morgan fingerprint density at radius 1 is 1.19 bits per heavy atom. The van der Waals surface area contributed by atoms with Crippen molar-refractivity contribution in [2.24, 2.45) is 0 Å². The predicted molar refractivity (Wildman–Crippen MR) is 100.0 cm³/mol. The molecule has 27 heavy (non-hydrogen) atoms. The lowest BCUT2D eigenvalue weighted by Gasteiger charge is -2.06. The van der Waals surface area contributed by atoms with Crippen LogP contribution < -0.4 is 5.32 Å². The molecule has 2 heterocycles. The van der Waals surface area contributed by atoms with Gasteiger partial charge in [-0.1, -0.05) is 11.6 Å². The molecule has 2 aromatic carbocycles. The van der Waals surface area contributed by atoms with Gasteiger partial charge in [-0.25, -0.2) is 14.1 Å². The maximum atomic E-state index is 13.1. The van der Waals surface area contributed by atoms with E-state index in [0.717, 1.165) is 0 Å². The van der Waals surface area contributed by atoms with E-state index in [1.165, 1.54) is 28.9 Å². The second-order valence-electron chi connectivity index (χ2n) is 6.01. The van der Waals surface area contributed by atoms with E-state index < -0.39 is 5.91 Å². The lowest BCUT2D eigenvalue weighted by molar-refractivity contribution is 0.102. The smallest absolute Gasteiger partial charge is 0.260 e. The molecule has 0 saturated heterocycles. The van der Waals surface area contributed by atoms with Crippen LogP contribution in [0.5, 0.6) is 0 Å². The molecule has 0 radical (unpaired) electrons. The van der Waals surface area contributed by atoms with Crippen LogP contribution in [0.2, 0.25) is 5.15 Å². The quantitative estimate of drug-likeness (QED) is 0.556. The van der Waals surface area contributed by atoms with Crippen LogP contribution in [0.1, 0.15) is 21.9 Å². The number of hydrogen-bond donors (Lipinski definition) is 1. The Morgan fingerprint density at radius 2 is 1.93 bits per heavy atom. The zero-order valence-corrected chi connectivity index (χ0v) is 15.2. The summed E-state index contributed by atoms with van der Waals surface area (Å²) in [5, 5.41) is 7.25. The van der Waals surface area contributed by atoms with Gasteiger partial charge in [-0.3, -0.25) is 4.79 Å². The number of rotatable bonds is 3. The summed E-state index contributed by atoms with van der Waals surface area (Å²) < 4.78 is 20.0. The number of carbonyl (C=O) groups excluding carboxylic acids is 1. The molecule has 1 amide bonds. The molecule has 0 unspecified atom stereocenters. The van der Waals surface area contributed by atoms with Crippen molar-refractivity contribution < 1.29 is 13.6 Å². The first-order valence-corrected chi connectivity index (χ1v) is 8.50. The monoisotopic (exact) mass is 384 g/mol. The fourth-order valence-electron chi connectivity index (χ4n) is 2.82. The van der Waals surface area contributed by atoms with Crippen molar-refractivity contribution in [1.29, 1.82) is 0 Å². The minimum absolute atomic E-state index is 0.148. The molecule has 1 N–H and O–H groups in total. The highest BCUT2D eigenvalue weighted by molar-refractivity contribution is 6.34. The molecule has 0 aliphatic rings. The van der Waals surface area contributed by atoms with Crippen LogP contribution in [0.3, 0.4) is 0 Å². The number of carbonyl (C=O) groups is 1. The molecular formula is C19H14ClFN4O2. The van der Waals surface area contributed by atoms with Crippen LogP contribution in [-0.4, -0.2) is 20.7 Å². The Balaban J connectivity index is 1.65. The van der Waals surface area contributed by atoms with Gasteiger partial charge in [0.25, 0.3) is 5.91 Å². The maximum Gasteiger partial charge on any atom is 0.260 e. The first-order valence-electron chi connectivity index (χ1n) is 8.12. The average molecular weight is 385 g/mol. The van der Waals surface area contributed by atoms with Gasteiger partial charge in [0.05, 0.1) is 11.4 Å². The summed E-state index contributed by atoms with van der Waals surface area (Å²) in [5.74, 6) is -0.214. The molecule has 0 spiro atoms. The Hall–Kier alpha value is -3.19. The molecule has 0 saturated carbocycles. The normalized spacial score (nSPS) is 11.1. The van der Waals surface area contributed by atoms with Crippen LogP contribution in [0.15, 0.2) is 46.9 Å². The van der Waals surface area contributed by atoms with Crippen LogP contribution in [-0.2, 0) is 0 Å². The number of aromatic nitrogens is 3. The molecule has 8 heteroatoms. The van der Waals surface area contributed by atoms with Crippen molar-refractivity contribution in [3.05, 3.63) is 70.6 Å². The highest BCUT2D eigenvalue weighted by atomic mass is 35.5. The number of benzene rings is 2. The molecule has 6 nitrogen and oxygen atoms in total. The predicted octanol–water partition coefficient (Wildman–Crippen LogP) is 4.68. The summed E-state index contributed by atoms with van der Waals surface area (Å²) >= 11 is 6.38. The molecule has 0 aliphatic heterocycles. The number of nitrogens with one attached hydrogen (secondary N) is 1. The van der Waals surface area contributed by atoms with Gasteiger partial charge < -0.3 is 9.73 Å². The summed E-state index contributed by atoms with van der Waals surface area (Å²) in [7, 11) is 0. The van der Waals surface area contributed by atoms with Gasteiger partial charge in [0.1, 0.15) is 22.1 Å². The van der Waals surface area contributed by atoms with E-state index in [0.29, 0.717) is 34.1 Å². The second kappa shape index (κ2) is 6.51. The van der Waals surface area contributed by atoms with Gasteiger partial charge in [-0.15, -0.1) is 0 Å². The number of aryl methyl sites for hydroxylation is 2. The van der Waals surface area contributed by atoms with Gasteiger partial charge in [0.2, 0.25) is 0 Å². The summed E-state index contributed by atoms with van der Waals surface area (Å²) in [6, 6.07) is 10.9. The fourth-order valence-corrected chi connectivity index (χ4v) is 3.18. The summed E-state index contributed by atoms with van der Waals surface area (Å²) in [4.78, 5) is 17.0. The van der Waals surface area contributed by atoms with E-state index in [2.05, 4.69) is 15.4 Å². The molecule has 4 aromatic rings. The lowest BCUT2D eigenvalue weighted by atomic mass is 10.2. The third kappa shape index (κ3) is 3.17. The van der Waals surface area contributed by atoms with Crippen molar-refractivity contribution in [3.8, 4) is 5.69 Å². The van der Waals surface area contributed by atoms with Gasteiger partial charge in [0, 0.05) is 12.6 Å². The number of amides is 1. The average Bonchev–Trinajstić information content (AvgIpc) is 3.13. The molecular weight excluding hydrogens is 371 g/mol. The summed E-state index contributed by atoms with van der Waals surface area (Å²) in [6.45, 7) is 3.44. The first kappa shape index (κ1) is 17.2. The van der Waals surface area contributed by atoms with E-state index in [4.69, 9.17) is 16.0 Å². The standard InChI is InChI=1S/C19H14ClFN4O2/c1-10-17(18(20)25(24-10)14-6-3-12(21)4-7-14)19(26)23-13-5-8-16-15(9-13)22-11(2)27-16/h3-9H,1-2H3,(H,23,26). The topological polar surface area (TPSA) is 73.0 Å². The number of hydrogen-bond acceptors (Lipinski definition) is 4. The molecule has 2 aromatic heterocycles. The molecule has 0 aliphatic carbocycles. The number of halogens is 2. The molecule has 136 valence electrons.